The highest BCUT2D eigenvalue weighted by Crippen LogP contribution is 2.30. The van der Waals surface area contributed by atoms with Crippen LogP contribution in [0.4, 0.5) is 0 Å². The molecule has 4 rings (SSSR count). The van der Waals surface area contributed by atoms with Gasteiger partial charge in [0.25, 0.3) is 5.56 Å². The second-order valence-electron chi connectivity index (χ2n) is 8.50. The minimum Gasteiger partial charge on any atom is -0.376 e. The standard InChI is InChI=1S/C25H31N3O3S2/c1-5-20-17(3)33-23-22(20)24(30)28(14-19-12-9-13-31-19)25(26-23)32-15-21(29)27(4)16(2)18-10-7-6-8-11-18/h6-8,10-11,16,19H,5,9,12-15H2,1-4H3/t16-,19-/m1/s1. The molecule has 0 N–H and O–H groups in total. The van der Waals surface area contributed by atoms with E-state index in [1.165, 1.54) is 11.8 Å². The van der Waals surface area contributed by atoms with Gasteiger partial charge in [0.2, 0.25) is 5.91 Å². The fraction of sp³-hybridized carbons (Fsp3) is 0.480. The number of hydrogen-bond donors (Lipinski definition) is 0. The number of fused-ring (bicyclic) bond motifs is 1. The van der Waals surface area contributed by atoms with E-state index in [2.05, 4.69) is 6.92 Å². The van der Waals surface area contributed by atoms with Crippen molar-refractivity contribution >= 4 is 39.2 Å². The zero-order chi connectivity index (χ0) is 23.5. The lowest BCUT2D eigenvalue weighted by Crippen LogP contribution is -2.32. The molecule has 0 radical (unpaired) electrons. The van der Waals surface area contributed by atoms with E-state index < -0.39 is 0 Å². The SMILES string of the molecule is CCc1c(C)sc2nc(SCC(=O)N(C)[C@H](C)c3ccccc3)n(C[C@H]3CCCO3)c(=O)c12. The van der Waals surface area contributed by atoms with Crippen LogP contribution in [0.25, 0.3) is 10.2 Å². The van der Waals surface area contributed by atoms with Gasteiger partial charge in [0.05, 0.1) is 29.8 Å². The second kappa shape index (κ2) is 10.4. The smallest absolute Gasteiger partial charge is 0.263 e. The van der Waals surface area contributed by atoms with Crippen LogP contribution in [0.5, 0.6) is 0 Å². The number of aryl methyl sites for hydroxylation is 2. The fourth-order valence-corrected chi connectivity index (χ4v) is 6.41. The zero-order valence-electron chi connectivity index (χ0n) is 19.7. The zero-order valence-corrected chi connectivity index (χ0v) is 21.3. The van der Waals surface area contributed by atoms with Gasteiger partial charge in [-0.05, 0) is 44.2 Å². The molecule has 2 aromatic heterocycles. The Morgan fingerprint density at radius 2 is 2.12 bits per heavy atom. The third-order valence-corrected chi connectivity index (χ3v) is 8.42. The summed E-state index contributed by atoms with van der Waals surface area (Å²) in [5.74, 6) is 0.230. The van der Waals surface area contributed by atoms with Gasteiger partial charge in [-0.2, -0.15) is 0 Å². The molecule has 0 bridgehead atoms. The van der Waals surface area contributed by atoms with Gasteiger partial charge in [-0.3, -0.25) is 14.2 Å². The predicted molar refractivity (Wildman–Crippen MR) is 135 cm³/mol. The van der Waals surface area contributed by atoms with E-state index in [1.807, 2.05) is 51.2 Å². The summed E-state index contributed by atoms with van der Waals surface area (Å²) in [7, 11) is 1.83. The molecule has 33 heavy (non-hydrogen) atoms. The summed E-state index contributed by atoms with van der Waals surface area (Å²) in [6.45, 7) is 7.35. The van der Waals surface area contributed by atoms with Crippen molar-refractivity contribution in [3.05, 3.63) is 56.7 Å². The highest BCUT2D eigenvalue weighted by molar-refractivity contribution is 7.99. The maximum Gasteiger partial charge on any atom is 0.263 e. The van der Waals surface area contributed by atoms with Crippen LogP contribution in [0, 0.1) is 6.92 Å². The largest absolute Gasteiger partial charge is 0.376 e. The van der Waals surface area contributed by atoms with Crippen LogP contribution in [-0.4, -0.2) is 45.9 Å². The number of hydrogen-bond acceptors (Lipinski definition) is 6. The first kappa shape index (κ1) is 24.0. The van der Waals surface area contributed by atoms with Gasteiger partial charge in [-0.15, -0.1) is 11.3 Å². The third kappa shape index (κ3) is 5.03. The molecule has 1 amide bonds. The van der Waals surface area contributed by atoms with E-state index in [-0.39, 0.29) is 29.4 Å². The molecule has 0 spiro atoms. The van der Waals surface area contributed by atoms with Gasteiger partial charge < -0.3 is 9.64 Å². The predicted octanol–water partition coefficient (Wildman–Crippen LogP) is 4.82. The third-order valence-electron chi connectivity index (χ3n) is 6.42. The Labute approximate surface area is 203 Å². The molecule has 3 aromatic rings. The van der Waals surface area contributed by atoms with Crippen molar-refractivity contribution in [3.8, 4) is 0 Å². The van der Waals surface area contributed by atoms with Crippen molar-refractivity contribution in [3.63, 3.8) is 0 Å². The first-order valence-corrected chi connectivity index (χ1v) is 13.3. The number of carbonyl (C=O) groups is 1. The molecular formula is C25H31N3O3S2. The lowest BCUT2D eigenvalue weighted by molar-refractivity contribution is -0.128. The van der Waals surface area contributed by atoms with Crippen molar-refractivity contribution in [1.82, 2.24) is 14.5 Å². The average molecular weight is 486 g/mol. The number of nitrogens with zero attached hydrogens (tertiary/aromatic N) is 3. The molecule has 1 aromatic carbocycles. The molecule has 1 fully saturated rings. The Kier molecular flexibility index (Phi) is 7.56. The van der Waals surface area contributed by atoms with E-state index >= 15 is 0 Å². The number of rotatable bonds is 8. The van der Waals surface area contributed by atoms with Crippen LogP contribution >= 0.6 is 23.1 Å². The highest BCUT2D eigenvalue weighted by Gasteiger charge is 2.24. The molecule has 2 atom stereocenters. The maximum atomic E-state index is 13.6. The van der Waals surface area contributed by atoms with Gasteiger partial charge in [0, 0.05) is 18.5 Å². The first-order chi connectivity index (χ1) is 15.9. The Morgan fingerprint density at radius 3 is 2.79 bits per heavy atom. The van der Waals surface area contributed by atoms with E-state index in [1.54, 1.807) is 20.8 Å². The number of thiophene rings is 1. The van der Waals surface area contributed by atoms with Crippen LogP contribution in [0.2, 0.25) is 0 Å². The van der Waals surface area contributed by atoms with Crippen molar-refractivity contribution in [2.24, 2.45) is 0 Å². The second-order valence-corrected chi connectivity index (χ2v) is 10.6. The average Bonchev–Trinajstić information content (AvgIpc) is 3.45. The van der Waals surface area contributed by atoms with E-state index in [0.29, 0.717) is 11.7 Å². The monoisotopic (exact) mass is 485 g/mol. The Morgan fingerprint density at radius 1 is 1.36 bits per heavy atom. The van der Waals surface area contributed by atoms with Gasteiger partial charge in [-0.25, -0.2) is 4.98 Å². The van der Waals surface area contributed by atoms with Gasteiger partial charge in [0.15, 0.2) is 5.16 Å². The molecular weight excluding hydrogens is 454 g/mol. The van der Waals surface area contributed by atoms with Crippen molar-refractivity contribution in [1.29, 1.82) is 0 Å². The van der Waals surface area contributed by atoms with Crippen LogP contribution in [-0.2, 0) is 22.5 Å². The van der Waals surface area contributed by atoms with Gasteiger partial charge >= 0.3 is 0 Å². The summed E-state index contributed by atoms with van der Waals surface area (Å²) in [5.41, 5.74) is 2.16. The Hall–Kier alpha value is -2.16. The number of benzene rings is 1. The molecule has 0 saturated carbocycles. The van der Waals surface area contributed by atoms with Crippen molar-refractivity contribution in [2.45, 2.75) is 63.9 Å². The van der Waals surface area contributed by atoms with E-state index in [9.17, 15) is 9.59 Å². The molecule has 1 aliphatic rings. The van der Waals surface area contributed by atoms with E-state index in [0.717, 1.165) is 52.1 Å². The molecule has 3 heterocycles. The van der Waals surface area contributed by atoms with Gasteiger partial charge in [-0.1, -0.05) is 49.0 Å². The van der Waals surface area contributed by atoms with Crippen LogP contribution < -0.4 is 5.56 Å². The number of carbonyl (C=O) groups excluding carboxylic acids is 1. The van der Waals surface area contributed by atoms with Crippen molar-refractivity contribution < 1.29 is 9.53 Å². The van der Waals surface area contributed by atoms with Crippen LogP contribution in [0.1, 0.15) is 48.7 Å². The number of amides is 1. The summed E-state index contributed by atoms with van der Waals surface area (Å²) in [5, 5.41) is 1.32. The first-order valence-electron chi connectivity index (χ1n) is 11.5. The lowest BCUT2D eigenvalue weighted by atomic mass is 10.1. The molecule has 0 unspecified atom stereocenters. The number of thioether (sulfide) groups is 1. The summed E-state index contributed by atoms with van der Waals surface area (Å²) >= 11 is 2.90. The summed E-state index contributed by atoms with van der Waals surface area (Å²) in [4.78, 5) is 35.1. The lowest BCUT2D eigenvalue weighted by Gasteiger charge is -2.25. The summed E-state index contributed by atoms with van der Waals surface area (Å²) < 4.78 is 7.55. The molecule has 1 saturated heterocycles. The molecule has 1 aliphatic heterocycles. The quantitative estimate of drug-likeness (QED) is 0.338. The Bertz CT molecular complexity index is 1180. The molecule has 8 heteroatoms. The molecule has 6 nitrogen and oxygen atoms in total. The minimum absolute atomic E-state index is 0.00553. The number of aromatic nitrogens is 2. The van der Waals surface area contributed by atoms with Gasteiger partial charge in [0.1, 0.15) is 4.83 Å². The maximum absolute atomic E-state index is 13.6. The van der Waals surface area contributed by atoms with E-state index in [4.69, 9.17) is 9.72 Å². The van der Waals surface area contributed by atoms with Crippen LogP contribution in [0.3, 0.4) is 0 Å². The van der Waals surface area contributed by atoms with Crippen LogP contribution in [0.15, 0.2) is 40.3 Å². The fourth-order valence-electron chi connectivity index (χ4n) is 4.32. The number of ether oxygens (including phenoxy) is 1. The highest BCUT2D eigenvalue weighted by atomic mass is 32.2. The minimum atomic E-state index is -0.0316. The molecule has 0 aliphatic carbocycles. The summed E-state index contributed by atoms with van der Waals surface area (Å²) in [6.07, 6.45) is 2.77. The summed E-state index contributed by atoms with van der Waals surface area (Å²) in [6, 6.07) is 9.96. The Balaban J connectivity index is 1.60. The normalized spacial score (nSPS) is 16.9. The molecule has 176 valence electrons. The topological polar surface area (TPSA) is 64.4 Å². The van der Waals surface area contributed by atoms with Crippen molar-refractivity contribution in [2.75, 3.05) is 19.4 Å².